The van der Waals surface area contributed by atoms with Crippen LogP contribution < -0.4 is 15.8 Å². The van der Waals surface area contributed by atoms with E-state index in [1.54, 1.807) is 46.9 Å². The molecule has 2 atom stereocenters. The fourth-order valence-corrected chi connectivity index (χ4v) is 4.24. The minimum atomic E-state index is -1.02. The number of carbonyl (C=O) groups is 3. The van der Waals surface area contributed by atoms with Crippen molar-refractivity contribution < 1.29 is 29.0 Å². The van der Waals surface area contributed by atoms with Crippen LogP contribution in [0.2, 0.25) is 0 Å². The van der Waals surface area contributed by atoms with Crippen LogP contribution in [0.25, 0.3) is 0 Å². The quantitative estimate of drug-likeness (QED) is 0.408. The Labute approximate surface area is 225 Å². The maximum atomic E-state index is 13.9. The van der Waals surface area contributed by atoms with E-state index in [0.717, 1.165) is 28.0 Å². The molecule has 3 amide bonds. The number of aryl methyl sites for hydroxylation is 3. The van der Waals surface area contributed by atoms with Gasteiger partial charge in [-0.1, -0.05) is 12.1 Å². The molecule has 2 aromatic rings. The average Bonchev–Trinajstić information content (AvgIpc) is 2.81. The topological polar surface area (TPSA) is 131 Å². The van der Waals surface area contributed by atoms with Crippen LogP contribution in [-0.2, 0) is 27.2 Å². The molecule has 0 spiro atoms. The molecule has 9 nitrogen and oxygen atoms in total. The molecule has 1 unspecified atom stereocenters. The van der Waals surface area contributed by atoms with Crippen molar-refractivity contribution in [3.05, 3.63) is 58.7 Å². The van der Waals surface area contributed by atoms with Crippen molar-refractivity contribution >= 4 is 17.9 Å². The smallest absolute Gasteiger partial charge is 0.408 e. The maximum absolute atomic E-state index is 13.9. The van der Waals surface area contributed by atoms with Crippen LogP contribution in [0, 0.1) is 13.8 Å². The first kappa shape index (κ1) is 30.5. The zero-order chi connectivity index (χ0) is 28.6. The standard InChI is InChI=1S/C29H41N3O6/c1-18-15-22(33)16-19(2)24(18)17-25(31-28(36)38-29(4,5)6)27(35)32(20(3)26(30)34)14-8-9-21-10-12-23(37-7)13-11-21/h10-13,15-16,20,25,33H,8-9,14,17H2,1-7H3,(H2,30,34)(H,31,36)/t20-,25?/m1/s1. The number of rotatable bonds is 11. The van der Waals surface area contributed by atoms with Crippen molar-refractivity contribution in [2.75, 3.05) is 13.7 Å². The van der Waals surface area contributed by atoms with Crippen LogP contribution in [-0.4, -0.2) is 59.3 Å². The van der Waals surface area contributed by atoms with Gasteiger partial charge in [0.1, 0.15) is 29.2 Å². The van der Waals surface area contributed by atoms with Gasteiger partial charge in [0.15, 0.2) is 0 Å². The van der Waals surface area contributed by atoms with Crippen LogP contribution in [0.1, 0.15) is 56.4 Å². The molecular formula is C29H41N3O6. The molecule has 0 fully saturated rings. The lowest BCUT2D eigenvalue weighted by atomic mass is 9.95. The Morgan fingerprint density at radius 3 is 2.16 bits per heavy atom. The Morgan fingerprint density at radius 2 is 1.66 bits per heavy atom. The number of hydrogen-bond acceptors (Lipinski definition) is 6. The Balaban J connectivity index is 2.32. The summed E-state index contributed by atoms with van der Waals surface area (Å²) in [6, 6.07) is 8.95. The summed E-state index contributed by atoms with van der Waals surface area (Å²) in [6.45, 7) is 10.7. The van der Waals surface area contributed by atoms with Gasteiger partial charge < -0.3 is 30.5 Å². The van der Waals surface area contributed by atoms with Crippen LogP contribution >= 0.6 is 0 Å². The molecule has 0 aliphatic rings. The van der Waals surface area contributed by atoms with Crippen molar-refractivity contribution in [2.24, 2.45) is 5.73 Å². The van der Waals surface area contributed by atoms with Gasteiger partial charge in [0.05, 0.1) is 7.11 Å². The number of benzene rings is 2. The predicted molar refractivity (Wildman–Crippen MR) is 146 cm³/mol. The van der Waals surface area contributed by atoms with Crippen molar-refractivity contribution in [3.8, 4) is 11.5 Å². The number of methoxy groups -OCH3 is 1. The van der Waals surface area contributed by atoms with Gasteiger partial charge in [-0.2, -0.15) is 0 Å². The number of primary amides is 1. The van der Waals surface area contributed by atoms with Gasteiger partial charge in [0.2, 0.25) is 11.8 Å². The van der Waals surface area contributed by atoms with E-state index in [9.17, 15) is 19.5 Å². The largest absolute Gasteiger partial charge is 0.508 e. The number of phenolic OH excluding ortho intramolecular Hbond substituents is 1. The highest BCUT2D eigenvalue weighted by molar-refractivity contribution is 5.91. The second-order valence-corrected chi connectivity index (χ2v) is 10.5. The average molecular weight is 528 g/mol. The highest BCUT2D eigenvalue weighted by Gasteiger charge is 2.33. The lowest BCUT2D eigenvalue weighted by Gasteiger charge is -2.32. The molecular weight excluding hydrogens is 486 g/mol. The fourth-order valence-electron chi connectivity index (χ4n) is 4.24. The molecule has 0 saturated heterocycles. The zero-order valence-electron chi connectivity index (χ0n) is 23.5. The van der Waals surface area contributed by atoms with E-state index in [4.69, 9.17) is 15.2 Å². The summed E-state index contributed by atoms with van der Waals surface area (Å²) >= 11 is 0. The first-order valence-electron chi connectivity index (χ1n) is 12.7. The molecule has 0 aromatic heterocycles. The van der Waals surface area contributed by atoms with Crippen molar-refractivity contribution in [3.63, 3.8) is 0 Å². The number of phenols is 1. The normalized spacial score (nSPS) is 12.8. The van der Waals surface area contributed by atoms with Crippen LogP contribution in [0.4, 0.5) is 4.79 Å². The minimum Gasteiger partial charge on any atom is -0.508 e. The minimum absolute atomic E-state index is 0.120. The molecule has 0 aliphatic heterocycles. The molecule has 0 heterocycles. The van der Waals surface area contributed by atoms with Gasteiger partial charge in [-0.3, -0.25) is 9.59 Å². The van der Waals surface area contributed by atoms with E-state index in [2.05, 4.69) is 5.32 Å². The number of ether oxygens (including phenoxy) is 2. The number of nitrogens with one attached hydrogen (secondary N) is 1. The van der Waals surface area contributed by atoms with Gasteiger partial charge in [-0.05, 0) is 101 Å². The first-order valence-corrected chi connectivity index (χ1v) is 12.7. The molecule has 0 aliphatic carbocycles. The lowest BCUT2D eigenvalue weighted by Crippen LogP contribution is -2.55. The molecule has 0 bridgehead atoms. The van der Waals surface area contributed by atoms with Gasteiger partial charge in [0, 0.05) is 13.0 Å². The summed E-state index contributed by atoms with van der Waals surface area (Å²) in [5.41, 5.74) is 8.26. The van der Waals surface area contributed by atoms with E-state index < -0.39 is 35.6 Å². The van der Waals surface area contributed by atoms with Crippen LogP contribution in [0.15, 0.2) is 36.4 Å². The van der Waals surface area contributed by atoms with Gasteiger partial charge in [-0.15, -0.1) is 0 Å². The SMILES string of the molecule is COc1ccc(CCCN(C(=O)C(Cc2c(C)cc(O)cc2C)NC(=O)OC(C)(C)C)[C@H](C)C(N)=O)cc1. The highest BCUT2D eigenvalue weighted by Crippen LogP contribution is 2.23. The van der Waals surface area contributed by atoms with E-state index in [1.807, 2.05) is 38.1 Å². The number of aromatic hydroxyl groups is 1. The fraction of sp³-hybridized carbons (Fsp3) is 0.483. The van der Waals surface area contributed by atoms with Gasteiger partial charge >= 0.3 is 6.09 Å². The highest BCUT2D eigenvalue weighted by atomic mass is 16.6. The third-order valence-electron chi connectivity index (χ3n) is 6.26. The zero-order valence-corrected chi connectivity index (χ0v) is 23.5. The summed E-state index contributed by atoms with van der Waals surface area (Å²) in [5, 5.41) is 12.7. The predicted octanol–water partition coefficient (Wildman–Crippen LogP) is 3.79. The monoisotopic (exact) mass is 527 g/mol. The van der Waals surface area contributed by atoms with Crippen LogP contribution in [0.3, 0.4) is 0 Å². The summed E-state index contributed by atoms with van der Waals surface area (Å²) in [5.74, 6) is -0.211. The van der Waals surface area contributed by atoms with E-state index in [1.165, 1.54) is 4.90 Å². The molecule has 0 saturated carbocycles. The second-order valence-electron chi connectivity index (χ2n) is 10.5. The first-order chi connectivity index (χ1) is 17.7. The van der Waals surface area contributed by atoms with E-state index >= 15 is 0 Å². The van der Waals surface area contributed by atoms with Crippen molar-refractivity contribution in [1.29, 1.82) is 0 Å². The summed E-state index contributed by atoms with van der Waals surface area (Å²) in [7, 11) is 1.60. The Hall–Kier alpha value is -3.75. The number of hydrogen-bond donors (Lipinski definition) is 3. The molecule has 0 radical (unpaired) electrons. The van der Waals surface area contributed by atoms with Crippen LogP contribution in [0.5, 0.6) is 11.5 Å². The van der Waals surface area contributed by atoms with E-state index in [0.29, 0.717) is 12.8 Å². The lowest BCUT2D eigenvalue weighted by molar-refractivity contribution is -0.140. The second kappa shape index (κ2) is 13.2. The molecule has 9 heteroatoms. The molecule has 4 N–H and O–H groups in total. The molecule has 2 aromatic carbocycles. The molecule has 208 valence electrons. The Kier molecular flexibility index (Phi) is 10.6. The Morgan fingerprint density at radius 1 is 1.08 bits per heavy atom. The summed E-state index contributed by atoms with van der Waals surface area (Å²) in [4.78, 5) is 40.2. The van der Waals surface area contributed by atoms with Gasteiger partial charge in [-0.25, -0.2) is 4.79 Å². The number of nitrogens with two attached hydrogens (primary N) is 1. The molecule has 2 rings (SSSR count). The number of nitrogens with zero attached hydrogens (tertiary/aromatic N) is 1. The van der Waals surface area contributed by atoms with Gasteiger partial charge in [0.25, 0.3) is 0 Å². The van der Waals surface area contributed by atoms with E-state index in [-0.39, 0.29) is 18.7 Å². The third-order valence-corrected chi connectivity index (χ3v) is 6.26. The number of amides is 3. The summed E-state index contributed by atoms with van der Waals surface area (Å²) in [6.07, 6.45) is 0.650. The Bertz CT molecular complexity index is 1100. The third kappa shape index (κ3) is 8.97. The van der Waals surface area contributed by atoms with Crippen molar-refractivity contribution in [1.82, 2.24) is 10.2 Å². The molecule has 38 heavy (non-hydrogen) atoms. The van der Waals surface area contributed by atoms with Crippen molar-refractivity contribution in [2.45, 2.75) is 78.5 Å². The summed E-state index contributed by atoms with van der Waals surface area (Å²) < 4.78 is 10.6. The number of alkyl carbamates (subject to hydrolysis) is 1. The maximum Gasteiger partial charge on any atom is 0.408 e. The number of carbonyl (C=O) groups excluding carboxylic acids is 3.